The van der Waals surface area contributed by atoms with Crippen molar-refractivity contribution in [1.82, 2.24) is 4.90 Å². The maximum atomic E-state index is 9.02. The number of ether oxygens (including phenoxy) is 1. The lowest BCUT2D eigenvalue weighted by atomic mass is 10.1. The number of rotatable bonds is 8. The number of aliphatic hydroxyl groups excluding tert-OH is 1. The van der Waals surface area contributed by atoms with Gasteiger partial charge in [0, 0.05) is 32.3 Å². The highest BCUT2D eigenvalue weighted by atomic mass is 16.5. The molecule has 0 unspecified atom stereocenters. The van der Waals surface area contributed by atoms with E-state index in [1.807, 2.05) is 24.3 Å². The Bertz CT molecular complexity index is 382. The fraction of sp³-hybridized carbons (Fsp3) is 0.462. The van der Waals surface area contributed by atoms with Crippen LogP contribution in [0.4, 0.5) is 0 Å². The highest BCUT2D eigenvalue weighted by Crippen LogP contribution is 2.08. The van der Waals surface area contributed by atoms with Gasteiger partial charge < -0.3 is 15.6 Å². The zero-order valence-electron chi connectivity index (χ0n) is 10.7. The molecule has 0 fully saturated rings. The molecule has 1 aromatic rings. The van der Waals surface area contributed by atoms with E-state index in [9.17, 15) is 0 Å². The zero-order valence-corrected chi connectivity index (χ0v) is 10.7. The standard InChI is InChI=1S/C13H21N3O2/c1-18-8-6-16(5-7-17)10-11-3-2-4-12(9-11)13(14)15/h2-4,9,17H,5-8,10H2,1H3,(H3,14,15). The highest BCUT2D eigenvalue weighted by Gasteiger charge is 2.06. The van der Waals surface area contributed by atoms with Crippen molar-refractivity contribution in [3.8, 4) is 0 Å². The minimum atomic E-state index is 0.0717. The summed E-state index contributed by atoms with van der Waals surface area (Å²) in [6, 6.07) is 7.60. The lowest BCUT2D eigenvalue weighted by Crippen LogP contribution is -2.30. The molecule has 0 aliphatic rings. The molecule has 0 atom stereocenters. The van der Waals surface area contributed by atoms with E-state index in [0.29, 0.717) is 19.7 Å². The fourth-order valence-electron chi connectivity index (χ4n) is 1.73. The molecule has 0 amide bonds. The highest BCUT2D eigenvalue weighted by molar-refractivity contribution is 5.95. The van der Waals surface area contributed by atoms with E-state index in [-0.39, 0.29) is 12.4 Å². The van der Waals surface area contributed by atoms with Crippen LogP contribution in [0.3, 0.4) is 0 Å². The lowest BCUT2D eigenvalue weighted by Gasteiger charge is -2.21. The molecule has 0 radical (unpaired) electrons. The van der Waals surface area contributed by atoms with E-state index in [4.69, 9.17) is 21.0 Å². The van der Waals surface area contributed by atoms with E-state index in [2.05, 4.69) is 4.90 Å². The molecular formula is C13H21N3O2. The Morgan fingerprint density at radius 3 is 2.83 bits per heavy atom. The average molecular weight is 251 g/mol. The van der Waals surface area contributed by atoms with E-state index >= 15 is 0 Å². The minimum Gasteiger partial charge on any atom is -0.395 e. The Hall–Kier alpha value is -1.43. The first-order valence-electron chi connectivity index (χ1n) is 5.93. The van der Waals surface area contributed by atoms with E-state index in [0.717, 1.165) is 17.7 Å². The lowest BCUT2D eigenvalue weighted by molar-refractivity contribution is 0.127. The predicted molar refractivity (Wildman–Crippen MR) is 71.7 cm³/mol. The third kappa shape index (κ3) is 4.83. The number of hydrogen-bond donors (Lipinski definition) is 3. The number of nitrogens with zero attached hydrogens (tertiary/aromatic N) is 1. The van der Waals surface area contributed by atoms with Gasteiger partial charge in [0.2, 0.25) is 0 Å². The fourth-order valence-corrected chi connectivity index (χ4v) is 1.73. The SMILES string of the molecule is COCCN(CCO)Cc1cccc(C(=N)N)c1. The predicted octanol–water partition coefficient (Wildman–Crippen LogP) is 0.411. The van der Waals surface area contributed by atoms with Crippen LogP contribution in [0.2, 0.25) is 0 Å². The monoisotopic (exact) mass is 251 g/mol. The molecule has 1 rings (SSSR count). The topological polar surface area (TPSA) is 82.6 Å². The van der Waals surface area contributed by atoms with Crippen molar-refractivity contribution < 1.29 is 9.84 Å². The zero-order chi connectivity index (χ0) is 13.4. The first-order valence-corrected chi connectivity index (χ1v) is 5.93. The number of nitrogens with two attached hydrogens (primary N) is 1. The number of aliphatic hydroxyl groups is 1. The summed E-state index contributed by atoms with van der Waals surface area (Å²) in [5.74, 6) is 0.0717. The molecule has 0 aliphatic carbocycles. The molecule has 5 nitrogen and oxygen atoms in total. The maximum absolute atomic E-state index is 9.02. The van der Waals surface area contributed by atoms with Gasteiger partial charge in [-0.1, -0.05) is 18.2 Å². The number of methoxy groups -OCH3 is 1. The summed E-state index contributed by atoms with van der Waals surface area (Å²) in [6.07, 6.45) is 0. The molecule has 0 aromatic heterocycles. The summed E-state index contributed by atoms with van der Waals surface area (Å²) in [7, 11) is 1.66. The van der Waals surface area contributed by atoms with Gasteiger partial charge in [0.1, 0.15) is 5.84 Å². The molecule has 0 heterocycles. The molecule has 0 bridgehead atoms. The van der Waals surface area contributed by atoms with Crippen molar-refractivity contribution >= 4 is 5.84 Å². The molecule has 0 saturated heterocycles. The first kappa shape index (κ1) is 14.6. The number of hydrogen-bond acceptors (Lipinski definition) is 4. The van der Waals surface area contributed by atoms with Crippen LogP contribution in [0.15, 0.2) is 24.3 Å². The van der Waals surface area contributed by atoms with Gasteiger partial charge in [-0.15, -0.1) is 0 Å². The van der Waals surface area contributed by atoms with Crippen molar-refractivity contribution in [3.63, 3.8) is 0 Å². The first-order chi connectivity index (χ1) is 8.67. The van der Waals surface area contributed by atoms with Crippen molar-refractivity contribution in [3.05, 3.63) is 35.4 Å². The Balaban J connectivity index is 2.67. The van der Waals surface area contributed by atoms with Gasteiger partial charge in [-0.25, -0.2) is 0 Å². The molecule has 0 saturated carbocycles. The summed E-state index contributed by atoms with van der Waals surface area (Å²) in [5.41, 5.74) is 7.26. The normalized spacial score (nSPS) is 10.8. The average Bonchev–Trinajstić information content (AvgIpc) is 2.36. The molecular weight excluding hydrogens is 230 g/mol. The van der Waals surface area contributed by atoms with E-state index in [1.54, 1.807) is 7.11 Å². The molecule has 4 N–H and O–H groups in total. The van der Waals surface area contributed by atoms with Crippen LogP contribution >= 0.6 is 0 Å². The quantitative estimate of drug-likeness (QED) is 0.462. The summed E-state index contributed by atoms with van der Waals surface area (Å²) in [5, 5.41) is 16.4. The number of nitrogens with one attached hydrogen (secondary N) is 1. The van der Waals surface area contributed by atoms with Gasteiger partial charge in [0.05, 0.1) is 13.2 Å². The molecule has 18 heavy (non-hydrogen) atoms. The van der Waals surface area contributed by atoms with Gasteiger partial charge in [-0.2, -0.15) is 0 Å². The van der Waals surface area contributed by atoms with Gasteiger partial charge in [0.25, 0.3) is 0 Å². The van der Waals surface area contributed by atoms with Crippen LogP contribution < -0.4 is 5.73 Å². The van der Waals surface area contributed by atoms with Crippen LogP contribution in [0, 0.1) is 5.41 Å². The maximum Gasteiger partial charge on any atom is 0.122 e. The third-order valence-corrected chi connectivity index (χ3v) is 2.67. The Morgan fingerprint density at radius 2 is 2.22 bits per heavy atom. The third-order valence-electron chi connectivity index (χ3n) is 2.67. The summed E-state index contributed by atoms with van der Waals surface area (Å²) in [4.78, 5) is 2.10. The molecule has 100 valence electrons. The van der Waals surface area contributed by atoms with Crippen LogP contribution in [0.25, 0.3) is 0 Å². The van der Waals surface area contributed by atoms with Gasteiger partial charge in [-0.3, -0.25) is 10.3 Å². The Kier molecular flexibility index (Phi) is 6.35. The van der Waals surface area contributed by atoms with Gasteiger partial charge >= 0.3 is 0 Å². The Labute approximate surface area is 108 Å². The van der Waals surface area contributed by atoms with Crippen LogP contribution in [0.1, 0.15) is 11.1 Å². The van der Waals surface area contributed by atoms with Gasteiger partial charge in [0.15, 0.2) is 0 Å². The Morgan fingerprint density at radius 1 is 1.44 bits per heavy atom. The number of amidine groups is 1. The van der Waals surface area contributed by atoms with Crippen molar-refractivity contribution in [2.45, 2.75) is 6.54 Å². The molecule has 0 aliphatic heterocycles. The number of benzene rings is 1. The largest absolute Gasteiger partial charge is 0.395 e. The second-order valence-corrected chi connectivity index (χ2v) is 4.11. The molecule has 0 spiro atoms. The molecule has 1 aromatic carbocycles. The summed E-state index contributed by atoms with van der Waals surface area (Å²) >= 11 is 0. The number of nitrogen functional groups attached to an aromatic ring is 1. The van der Waals surface area contributed by atoms with Crippen molar-refractivity contribution in [1.29, 1.82) is 5.41 Å². The summed E-state index contributed by atoms with van der Waals surface area (Å²) in [6.45, 7) is 2.84. The van der Waals surface area contributed by atoms with E-state index < -0.39 is 0 Å². The van der Waals surface area contributed by atoms with Crippen molar-refractivity contribution in [2.75, 3.05) is 33.4 Å². The molecule has 5 heteroatoms. The van der Waals surface area contributed by atoms with Crippen LogP contribution in [-0.4, -0.2) is 49.3 Å². The summed E-state index contributed by atoms with van der Waals surface area (Å²) < 4.78 is 5.04. The van der Waals surface area contributed by atoms with Crippen molar-refractivity contribution in [2.24, 2.45) is 5.73 Å². The van der Waals surface area contributed by atoms with Gasteiger partial charge in [-0.05, 0) is 11.6 Å². The minimum absolute atomic E-state index is 0.0717. The smallest absolute Gasteiger partial charge is 0.122 e. The van der Waals surface area contributed by atoms with Crippen LogP contribution in [0.5, 0.6) is 0 Å². The van der Waals surface area contributed by atoms with E-state index in [1.165, 1.54) is 0 Å². The second-order valence-electron chi connectivity index (χ2n) is 4.11. The van der Waals surface area contributed by atoms with Crippen LogP contribution in [-0.2, 0) is 11.3 Å². The second kappa shape index (κ2) is 7.81.